The number of nitrogens with zero attached hydrogens (tertiary/aromatic N) is 3. The number of aryl methyl sites for hydroxylation is 1. The number of hydrogen-bond acceptors (Lipinski definition) is 3. The summed E-state index contributed by atoms with van der Waals surface area (Å²) in [6.07, 6.45) is 4.70. The Morgan fingerprint density at radius 2 is 1.72 bits per heavy atom. The van der Waals surface area contributed by atoms with E-state index in [1.807, 2.05) is 24.5 Å². The molecule has 1 aromatic heterocycles. The molecule has 4 nitrogen and oxygen atoms in total. The van der Waals surface area contributed by atoms with Crippen LogP contribution in [0.2, 0.25) is 0 Å². The highest BCUT2D eigenvalue weighted by Crippen LogP contribution is 2.21. The minimum absolute atomic E-state index is 0.179. The van der Waals surface area contributed by atoms with E-state index in [0.717, 1.165) is 30.3 Å². The van der Waals surface area contributed by atoms with Gasteiger partial charge in [-0.15, -0.1) is 0 Å². The summed E-state index contributed by atoms with van der Waals surface area (Å²) in [5.74, 6) is 0. The van der Waals surface area contributed by atoms with Gasteiger partial charge in [-0.2, -0.15) is 0 Å². The first-order valence-electron chi connectivity index (χ1n) is 8.72. The smallest absolute Gasteiger partial charge is 0.173 e. The third-order valence-electron chi connectivity index (χ3n) is 4.32. The van der Waals surface area contributed by atoms with Gasteiger partial charge in [0, 0.05) is 31.2 Å². The molecule has 0 aliphatic carbocycles. The SMILES string of the molecule is CCc1ccc(NC(=S)N(CCN(C)C)[C@@H](C)c2ccncc2)cc1. The lowest BCUT2D eigenvalue weighted by molar-refractivity contribution is 0.289. The number of benzene rings is 1. The van der Waals surface area contributed by atoms with Gasteiger partial charge in [0.25, 0.3) is 0 Å². The van der Waals surface area contributed by atoms with E-state index in [0.29, 0.717) is 0 Å². The summed E-state index contributed by atoms with van der Waals surface area (Å²) in [6, 6.07) is 12.7. The van der Waals surface area contributed by atoms with Crippen molar-refractivity contribution >= 4 is 23.0 Å². The summed E-state index contributed by atoms with van der Waals surface area (Å²) in [5, 5.41) is 4.14. The van der Waals surface area contributed by atoms with Crippen LogP contribution in [0.1, 0.15) is 31.0 Å². The van der Waals surface area contributed by atoms with Gasteiger partial charge in [-0.25, -0.2) is 0 Å². The Kier molecular flexibility index (Phi) is 7.34. The molecule has 0 unspecified atom stereocenters. The summed E-state index contributed by atoms with van der Waals surface area (Å²) in [7, 11) is 4.16. The summed E-state index contributed by atoms with van der Waals surface area (Å²) in [4.78, 5) is 8.52. The predicted octanol–water partition coefficient (Wildman–Crippen LogP) is 3.97. The fourth-order valence-electron chi connectivity index (χ4n) is 2.62. The minimum atomic E-state index is 0.179. The molecule has 0 fully saturated rings. The second-order valence-electron chi connectivity index (χ2n) is 6.43. The highest BCUT2D eigenvalue weighted by atomic mass is 32.1. The summed E-state index contributed by atoms with van der Waals surface area (Å²) in [6.45, 7) is 6.13. The van der Waals surface area contributed by atoms with Gasteiger partial charge < -0.3 is 15.1 Å². The van der Waals surface area contributed by atoms with Gasteiger partial charge in [0.1, 0.15) is 0 Å². The van der Waals surface area contributed by atoms with Crippen LogP contribution in [0.4, 0.5) is 5.69 Å². The first-order valence-corrected chi connectivity index (χ1v) is 9.13. The van der Waals surface area contributed by atoms with Crippen molar-refractivity contribution in [2.45, 2.75) is 26.3 Å². The van der Waals surface area contributed by atoms with E-state index >= 15 is 0 Å². The highest BCUT2D eigenvalue weighted by molar-refractivity contribution is 7.80. The number of thiocarbonyl (C=S) groups is 1. The molecular formula is C20H28N4S. The molecule has 1 atom stereocenters. The molecule has 0 amide bonds. The van der Waals surface area contributed by atoms with Crippen LogP contribution in [0.5, 0.6) is 0 Å². The Morgan fingerprint density at radius 3 is 2.28 bits per heavy atom. The second-order valence-corrected chi connectivity index (χ2v) is 6.82. The zero-order valence-corrected chi connectivity index (χ0v) is 16.4. The van der Waals surface area contributed by atoms with Gasteiger partial charge in [-0.05, 0) is 75.1 Å². The summed E-state index contributed by atoms with van der Waals surface area (Å²) < 4.78 is 0. The van der Waals surface area contributed by atoms with E-state index in [1.54, 1.807) is 0 Å². The number of anilines is 1. The molecule has 0 saturated carbocycles. The van der Waals surface area contributed by atoms with Gasteiger partial charge in [0.2, 0.25) is 0 Å². The number of pyridine rings is 1. The molecule has 0 radical (unpaired) electrons. The van der Waals surface area contributed by atoms with E-state index < -0.39 is 0 Å². The first kappa shape index (κ1) is 19.3. The van der Waals surface area contributed by atoms with Crippen molar-refractivity contribution in [3.8, 4) is 0 Å². The number of hydrogen-bond donors (Lipinski definition) is 1. The fraction of sp³-hybridized carbons (Fsp3) is 0.400. The monoisotopic (exact) mass is 356 g/mol. The zero-order valence-electron chi connectivity index (χ0n) is 15.6. The van der Waals surface area contributed by atoms with Crippen molar-refractivity contribution in [2.75, 3.05) is 32.5 Å². The van der Waals surface area contributed by atoms with Crippen molar-refractivity contribution in [3.63, 3.8) is 0 Å². The molecule has 0 aliphatic rings. The first-order chi connectivity index (χ1) is 12.0. The number of likely N-dealkylation sites (N-methyl/N-ethyl adjacent to an activating group) is 1. The average molecular weight is 357 g/mol. The molecule has 1 aromatic carbocycles. The lowest BCUT2D eigenvalue weighted by atomic mass is 10.1. The Balaban J connectivity index is 2.13. The van der Waals surface area contributed by atoms with Crippen LogP contribution >= 0.6 is 12.2 Å². The number of rotatable bonds is 7. The van der Waals surface area contributed by atoms with Crippen LogP contribution in [-0.2, 0) is 6.42 Å². The Labute approximate surface area is 156 Å². The maximum Gasteiger partial charge on any atom is 0.173 e. The molecule has 1 heterocycles. The van der Waals surface area contributed by atoms with Crippen LogP contribution in [0.25, 0.3) is 0 Å². The maximum atomic E-state index is 5.73. The van der Waals surface area contributed by atoms with Crippen molar-refractivity contribution < 1.29 is 0 Å². The van der Waals surface area contributed by atoms with Crippen molar-refractivity contribution in [1.82, 2.24) is 14.8 Å². The minimum Gasteiger partial charge on any atom is -0.341 e. The van der Waals surface area contributed by atoms with Crippen LogP contribution in [0.3, 0.4) is 0 Å². The quantitative estimate of drug-likeness (QED) is 0.759. The van der Waals surface area contributed by atoms with Crippen LogP contribution in [0, 0.1) is 0 Å². The molecule has 2 rings (SSSR count). The van der Waals surface area contributed by atoms with Gasteiger partial charge in [-0.1, -0.05) is 19.1 Å². The third-order valence-corrected chi connectivity index (χ3v) is 4.66. The maximum absolute atomic E-state index is 5.73. The van der Waals surface area contributed by atoms with Crippen LogP contribution in [0.15, 0.2) is 48.8 Å². The summed E-state index contributed by atoms with van der Waals surface area (Å²) >= 11 is 5.73. The van der Waals surface area contributed by atoms with Gasteiger partial charge in [0.15, 0.2) is 5.11 Å². The Hall–Kier alpha value is -1.98. The molecule has 0 spiro atoms. The molecule has 1 N–H and O–H groups in total. The average Bonchev–Trinajstić information content (AvgIpc) is 2.63. The number of aromatic nitrogens is 1. The van der Waals surface area contributed by atoms with Crippen LogP contribution < -0.4 is 5.32 Å². The highest BCUT2D eigenvalue weighted by Gasteiger charge is 2.19. The normalized spacial score (nSPS) is 12.0. The van der Waals surface area contributed by atoms with Crippen LogP contribution in [-0.4, -0.2) is 47.1 Å². The largest absolute Gasteiger partial charge is 0.341 e. The molecule has 0 aliphatic heterocycles. The van der Waals surface area contributed by atoms with Gasteiger partial charge in [0.05, 0.1) is 6.04 Å². The zero-order chi connectivity index (χ0) is 18.2. The third kappa shape index (κ3) is 5.80. The van der Waals surface area contributed by atoms with E-state index in [1.165, 1.54) is 11.1 Å². The topological polar surface area (TPSA) is 31.4 Å². The van der Waals surface area contributed by atoms with Gasteiger partial charge >= 0.3 is 0 Å². The Bertz CT molecular complexity index is 655. The molecule has 0 bridgehead atoms. The standard InChI is InChI=1S/C20H28N4S/c1-5-17-6-8-19(9-7-17)22-20(25)24(15-14-23(3)4)16(2)18-10-12-21-13-11-18/h6-13,16H,5,14-15H2,1-4H3,(H,22,25)/t16-/m0/s1. The molecule has 0 saturated heterocycles. The van der Waals surface area contributed by atoms with E-state index in [9.17, 15) is 0 Å². The van der Waals surface area contributed by atoms with E-state index in [2.05, 4.69) is 72.3 Å². The summed E-state index contributed by atoms with van der Waals surface area (Å²) in [5.41, 5.74) is 3.56. The molecular weight excluding hydrogens is 328 g/mol. The van der Waals surface area contributed by atoms with Gasteiger partial charge in [-0.3, -0.25) is 4.98 Å². The molecule has 2 aromatic rings. The fourth-order valence-corrected chi connectivity index (χ4v) is 2.99. The van der Waals surface area contributed by atoms with Crippen molar-refractivity contribution in [2.24, 2.45) is 0 Å². The lowest BCUT2D eigenvalue weighted by Crippen LogP contribution is -2.40. The second kappa shape index (κ2) is 9.49. The van der Waals surface area contributed by atoms with E-state index in [4.69, 9.17) is 12.2 Å². The molecule has 25 heavy (non-hydrogen) atoms. The van der Waals surface area contributed by atoms with Crippen molar-refractivity contribution in [3.05, 3.63) is 59.9 Å². The van der Waals surface area contributed by atoms with Crippen molar-refractivity contribution in [1.29, 1.82) is 0 Å². The molecule has 5 heteroatoms. The Morgan fingerprint density at radius 1 is 1.08 bits per heavy atom. The predicted molar refractivity (Wildman–Crippen MR) is 110 cm³/mol. The van der Waals surface area contributed by atoms with E-state index in [-0.39, 0.29) is 6.04 Å². The molecule has 134 valence electrons. The lowest BCUT2D eigenvalue weighted by Gasteiger charge is -2.33. The number of nitrogens with one attached hydrogen (secondary N) is 1.